The Hall–Kier alpha value is -1.71. The molecule has 0 aliphatic rings. The van der Waals surface area contributed by atoms with Gasteiger partial charge in [0.15, 0.2) is 11.5 Å². The van der Waals surface area contributed by atoms with E-state index in [0.717, 1.165) is 7.11 Å². The molecule has 2 N–H and O–H groups in total. The number of phenols is 1. The number of carboxylic acid groups (broad SMARTS) is 1. The van der Waals surface area contributed by atoms with Crippen molar-refractivity contribution in [1.29, 1.82) is 0 Å². The van der Waals surface area contributed by atoms with E-state index < -0.39 is 47.5 Å². The highest BCUT2D eigenvalue weighted by molar-refractivity contribution is 5.70. The van der Waals surface area contributed by atoms with E-state index in [-0.39, 0.29) is 0 Å². The summed E-state index contributed by atoms with van der Waals surface area (Å²) in [7, 11) is 1.08. The van der Waals surface area contributed by atoms with Crippen LogP contribution in [-0.4, -0.2) is 23.3 Å². The third kappa shape index (κ3) is 2.37. The second-order valence-electron chi connectivity index (χ2n) is 2.06. The molecule has 0 aliphatic heterocycles. The minimum Gasteiger partial charge on any atom is -0.504 e. The molecule has 0 unspecified atom stereocenters. The van der Waals surface area contributed by atoms with Gasteiger partial charge in [-0.05, 0) is 17.6 Å². The molecule has 0 aromatic heterocycles. The Balaban J connectivity index is 3.75. The van der Waals surface area contributed by atoms with Crippen molar-refractivity contribution in [3.63, 3.8) is 0 Å². The number of hydrogen-bond donors (Lipinski definition) is 2. The van der Waals surface area contributed by atoms with E-state index in [1.807, 2.05) is 0 Å². The summed E-state index contributed by atoms with van der Waals surface area (Å²) in [6.45, 7) is 0. The van der Waals surface area contributed by atoms with Gasteiger partial charge in [-0.15, -0.1) is 0 Å². The molecule has 1 aromatic carbocycles. The molecule has 0 saturated carbocycles. The third-order valence-corrected chi connectivity index (χ3v) is 1.20. The predicted molar refractivity (Wildman–Crippen MR) is 46.0 cm³/mol. The highest BCUT2D eigenvalue weighted by Crippen LogP contribution is 2.26. The Labute approximate surface area is 82.4 Å². The minimum atomic E-state index is -3.02. The van der Waals surface area contributed by atoms with Gasteiger partial charge in [0, 0.05) is 2.74 Å². The molecule has 0 atom stereocenters. The Morgan fingerprint density at radius 1 is 1.77 bits per heavy atom. The average molecular weight is 193 g/mol. The van der Waals surface area contributed by atoms with Crippen molar-refractivity contribution < 1.29 is 26.6 Å². The van der Waals surface area contributed by atoms with E-state index in [1.165, 1.54) is 0 Å². The summed E-state index contributed by atoms with van der Waals surface area (Å²) in [5.74, 6) is -3.22. The lowest BCUT2D eigenvalue weighted by Crippen LogP contribution is -2.00. The predicted octanol–water partition coefficient (Wildman–Crippen LogP) is 1.03. The largest absolute Gasteiger partial charge is 0.504 e. The fourth-order valence-electron chi connectivity index (χ4n) is 0.700. The number of aromatic hydroxyl groups is 1. The lowest BCUT2D eigenvalue weighted by atomic mass is 10.6. The summed E-state index contributed by atoms with van der Waals surface area (Å²) in [6, 6.07) is -2.41. The summed E-state index contributed by atoms with van der Waals surface area (Å²) < 4.78 is 41.8. The van der Waals surface area contributed by atoms with Crippen LogP contribution >= 0.6 is 0 Å². The summed E-state index contributed by atoms with van der Waals surface area (Å²) in [4.78, 5) is 10.8. The molecule has 1 rings (SSSR count). The van der Waals surface area contributed by atoms with Gasteiger partial charge in [0.1, 0.15) is 0 Å². The molecular formula is C9H10O4. The SMILES string of the molecule is [2H][13c]1[13c]([2H])[13c](C([2H])([2H])C(=O)O)[13c]([2H])[13c](OC)[13c]1O. The first kappa shape index (κ1) is 4.50. The molecule has 0 fully saturated rings. The standard InChI is InChI=1S/C9H10O4/c1-13-8-4-6(5-9(11)12)2-3-7(8)10/h2-4,10H,5H2,1H3,(H,11,12)/i2+1D,3+1D,4+1D,5D2,6+1,7+1,8+1. The highest BCUT2D eigenvalue weighted by atomic mass is 16.6. The second-order valence-corrected chi connectivity index (χ2v) is 2.06. The first-order chi connectivity index (χ1) is 8.16. The average Bonchev–Trinajstić information content (AvgIpc) is 2.26. The molecular weight excluding hydrogens is 178 g/mol. The van der Waals surface area contributed by atoms with Gasteiger partial charge in [0.2, 0.25) is 0 Å². The van der Waals surface area contributed by atoms with Crippen LogP contribution in [0.15, 0.2) is 18.1 Å². The van der Waals surface area contributed by atoms with Crippen molar-refractivity contribution in [1.82, 2.24) is 0 Å². The van der Waals surface area contributed by atoms with E-state index >= 15 is 0 Å². The molecule has 13 heavy (non-hydrogen) atoms. The minimum absolute atomic E-state index is 0.531. The van der Waals surface area contributed by atoms with E-state index in [4.69, 9.17) is 12.0 Å². The number of aliphatic carboxylic acids is 1. The smallest absolute Gasteiger partial charge is 0.307 e. The van der Waals surface area contributed by atoms with Crippen LogP contribution in [0.1, 0.15) is 12.4 Å². The quantitative estimate of drug-likeness (QED) is 0.752. The van der Waals surface area contributed by atoms with Gasteiger partial charge in [-0.25, -0.2) is 0 Å². The fourth-order valence-corrected chi connectivity index (χ4v) is 0.700. The van der Waals surface area contributed by atoms with Gasteiger partial charge in [-0.2, -0.15) is 0 Å². The Morgan fingerprint density at radius 2 is 2.46 bits per heavy atom. The third-order valence-electron chi connectivity index (χ3n) is 1.20. The number of benzene rings is 1. The lowest BCUT2D eigenvalue weighted by molar-refractivity contribution is -0.136. The molecule has 0 bridgehead atoms. The van der Waals surface area contributed by atoms with Crippen LogP contribution in [0, 0.1) is 0 Å². The first-order valence-electron chi connectivity index (χ1n) is 5.76. The number of methoxy groups -OCH3 is 1. The van der Waals surface area contributed by atoms with Gasteiger partial charge in [-0.3, -0.25) is 4.79 Å². The van der Waals surface area contributed by atoms with E-state index in [0.29, 0.717) is 0 Å². The van der Waals surface area contributed by atoms with Crippen molar-refractivity contribution in [2.45, 2.75) is 6.37 Å². The van der Waals surface area contributed by atoms with Crippen LogP contribution < -0.4 is 4.74 Å². The molecule has 0 amide bonds. The maximum absolute atomic E-state index is 10.8. The number of ether oxygens (including phenoxy) is 1. The Bertz CT molecular complexity index is 514. The maximum Gasteiger partial charge on any atom is 0.307 e. The summed E-state index contributed by atoms with van der Waals surface area (Å²) in [5, 5.41) is 18.2. The number of rotatable bonds is 3. The van der Waals surface area contributed by atoms with E-state index in [1.54, 1.807) is 0 Å². The van der Waals surface area contributed by atoms with Crippen molar-refractivity contribution in [3.8, 4) is 11.5 Å². The van der Waals surface area contributed by atoms with Gasteiger partial charge in [-0.1, -0.05) is 6.04 Å². The number of hydrogen-bond acceptors (Lipinski definition) is 3. The summed E-state index contributed by atoms with van der Waals surface area (Å²) in [6.07, 6.45) is -3.02. The van der Waals surface area contributed by atoms with Gasteiger partial charge in [0.25, 0.3) is 0 Å². The number of phenolic OH excluding ortho intramolecular Hbond substituents is 1. The van der Waals surface area contributed by atoms with Gasteiger partial charge in [0.05, 0.1) is 17.6 Å². The van der Waals surface area contributed by atoms with Gasteiger partial charge >= 0.3 is 5.97 Å². The fraction of sp³-hybridized carbons (Fsp3) is 0.222. The van der Waals surface area contributed by atoms with Crippen molar-refractivity contribution >= 4 is 5.97 Å². The van der Waals surface area contributed by atoms with Crippen LogP contribution in [-0.2, 0) is 11.2 Å². The van der Waals surface area contributed by atoms with E-state index in [2.05, 4.69) is 4.74 Å². The van der Waals surface area contributed by atoms with Gasteiger partial charge < -0.3 is 14.9 Å². The summed E-state index contributed by atoms with van der Waals surface area (Å²) in [5.41, 5.74) is -0.824. The van der Waals surface area contributed by atoms with Crippen LogP contribution in [0.2, 0.25) is 0 Å². The maximum atomic E-state index is 10.8. The number of carboxylic acids is 1. The molecule has 4 nitrogen and oxygen atoms in total. The molecule has 4 heteroatoms. The molecule has 70 valence electrons. The molecule has 1 aromatic rings. The Morgan fingerprint density at radius 3 is 3.00 bits per heavy atom. The van der Waals surface area contributed by atoms with Crippen LogP contribution in [0.3, 0.4) is 0 Å². The zero-order valence-corrected chi connectivity index (χ0v) is 6.71. The molecule has 0 radical (unpaired) electrons. The summed E-state index contributed by atoms with van der Waals surface area (Å²) >= 11 is 0. The normalized spacial score (nSPS) is 16.2. The van der Waals surface area contributed by atoms with Crippen LogP contribution in [0.25, 0.3) is 0 Å². The second kappa shape index (κ2) is 3.80. The Kier molecular flexibility index (Phi) is 1.32. The highest BCUT2D eigenvalue weighted by Gasteiger charge is 2.05. The van der Waals surface area contributed by atoms with Crippen molar-refractivity contribution in [2.75, 3.05) is 7.11 Å². The zero-order chi connectivity index (χ0) is 14.2. The molecule has 0 spiro atoms. The van der Waals surface area contributed by atoms with Crippen LogP contribution in [0.4, 0.5) is 0 Å². The molecule has 0 heterocycles. The van der Waals surface area contributed by atoms with Crippen molar-refractivity contribution in [2.24, 2.45) is 0 Å². The number of carbonyl (C=O) groups is 1. The lowest BCUT2D eigenvalue weighted by Gasteiger charge is -2.04. The first-order valence-corrected chi connectivity index (χ1v) is 3.26. The zero-order valence-electron chi connectivity index (χ0n) is 11.7. The molecule has 0 saturated heterocycles. The van der Waals surface area contributed by atoms with E-state index in [9.17, 15) is 9.90 Å². The topological polar surface area (TPSA) is 66.8 Å². The van der Waals surface area contributed by atoms with Crippen molar-refractivity contribution in [3.05, 3.63) is 23.7 Å². The van der Waals surface area contributed by atoms with Crippen LogP contribution in [0.5, 0.6) is 11.5 Å². The monoisotopic (exact) mass is 193 g/mol. The molecule has 0 aliphatic carbocycles.